The molecule has 2 aromatic heterocycles. The lowest BCUT2D eigenvalue weighted by molar-refractivity contribution is 0.482. The Morgan fingerprint density at radius 3 is 2.03 bits per heavy atom. The maximum absolute atomic E-state index is 14.9. The van der Waals surface area contributed by atoms with Gasteiger partial charge in [-0.1, -0.05) is 113 Å². The Morgan fingerprint density at radius 1 is 0.613 bits per heavy atom. The summed E-state index contributed by atoms with van der Waals surface area (Å²) < 4.78 is 48.0. The van der Waals surface area contributed by atoms with E-state index in [0.29, 0.717) is 29.3 Å². The van der Waals surface area contributed by atoms with Gasteiger partial charge in [-0.05, 0) is 100 Å². The molecular weight excluding hydrogens is 771 g/mol. The van der Waals surface area contributed by atoms with E-state index in [-0.39, 0.29) is 5.41 Å². The summed E-state index contributed by atoms with van der Waals surface area (Å²) in [5.74, 6) is -0.159. The average molecular weight is 818 g/mol. The molecule has 9 aromatic rings. The van der Waals surface area contributed by atoms with Crippen molar-refractivity contribution in [2.24, 2.45) is 0 Å². The smallest absolute Gasteiger partial charge is 0.137 e. The molecule has 306 valence electrons. The Kier molecular flexibility index (Phi) is 9.33. The first-order valence-electron chi connectivity index (χ1n) is 21.4. The Labute approximate surface area is 362 Å². The van der Waals surface area contributed by atoms with E-state index in [2.05, 4.69) is 108 Å². The molecule has 62 heavy (non-hydrogen) atoms. The number of fused-ring (bicyclic) bond motifs is 4. The number of ether oxygens (including phenoxy) is 1. The van der Waals surface area contributed by atoms with Crippen molar-refractivity contribution >= 4 is 44.6 Å². The number of nitrogens with zero attached hydrogens (tertiary/aromatic N) is 4. The molecule has 10 rings (SSSR count). The Hall–Kier alpha value is -7.25. The maximum atomic E-state index is 14.9. The summed E-state index contributed by atoms with van der Waals surface area (Å²) in [6.45, 7) is 10.8. The van der Waals surface area contributed by atoms with Crippen molar-refractivity contribution in [1.29, 1.82) is 0 Å². The topological polar surface area (TPSA) is 33.5 Å². The molecule has 0 amide bonds. The molecule has 0 saturated carbocycles. The van der Waals surface area contributed by atoms with Gasteiger partial charge < -0.3 is 14.5 Å². The SMILES string of the molecule is [2H]C(C)(C)c1cc(Oc2ccc3c4ccccc4n(-c4cc(C(C)(C)C)ccn4)c3c2)cc(N2CN(c3c(-c4ccccc4)cccc3-c3cc(F)cc(F)c3)c3ccccc32)c1. The highest BCUT2D eigenvalue weighted by atomic mass is 19.1. The van der Waals surface area contributed by atoms with Crippen molar-refractivity contribution in [3.05, 3.63) is 193 Å². The van der Waals surface area contributed by atoms with Gasteiger partial charge in [-0.15, -0.1) is 0 Å². The van der Waals surface area contributed by atoms with Gasteiger partial charge in [-0.2, -0.15) is 0 Å². The monoisotopic (exact) mass is 817 g/mol. The minimum absolute atomic E-state index is 0.0553. The van der Waals surface area contributed by atoms with Gasteiger partial charge in [0.05, 0.1) is 28.1 Å². The predicted molar refractivity (Wildman–Crippen MR) is 251 cm³/mol. The largest absolute Gasteiger partial charge is 0.457 e. The molecule has 7 aromatic carbocycles. The van der Waals surface area contributed by atoms with Crippen LogP contribution < -0.4 is 14.5 Å². The zero-order valence-corrected chi connectivity index (χ0v) is 35.3. The quantitative estimate of drug-likeness (QED) is 0.153. The van der Waals surface area contributed by atoms with Gasteiger partial charge in [-0.25, -0.2) is 13.8 Å². The van der Waals surface area contributed by atoms with Gasteiger partial charge in [0.2, 0.25) is 0 Å². The fourth-order valence-corrected chi connectivity index (χ4v) is 8.74. The summed E-state index contributed by atoms with van der Waals surface area (Å²) in [5, 5.41) is 2.21. The molecule has 0 aliphatic carbocycles. The van der Waals surface area contributed by atoms with Crippen molar-refractivity contribution in [3.63, 3.8) is 0 Å². The normalized spacial score (nSPS) is 13.2. The fourth-order valence-electron chi connectivity index (χ4n) is 8.74. The summed E-state index contributed by atoms with van der Waals surface area (Å²) in [6, 6.07) is 52.6. The third-order valence-corrected chi connectivity index (χ3v) is 11.8. The third kappa shape index (κ3) is 7.03. The summed E-state index contributed by atoms with van der Waals surface area (Å²) in [5.41, 5.74) is 10.5. The standard InChI is InChI=1S/C55H46F2N4O/c1-35(2)37-28-42(32-44(29-37)62-43-22-23-48-47-16-9-10-19-49(47)61(52(48)33-43)53-30-39(24-25-58-53)55(3,4)5)59-34-60(51-21-12-11-20-50(51)59)54-45(36-14-7-6-8-15-36)17-13-18-46(54)38-26-40(56)31-41(57)27-38/h6-33,35H,34H2,1-5H3/i35D. The number of anilines is 4. The van der Waals surface area contributed by atoms with Crippen LogP contribution in [0.4, 0.5) is 31.5 Å². The lowest BCUT2D eigenvalue weighted by atomic mass is 9.88. The molecule has 5 nitrogen and oxygen atoms in total. The van der Waals surface area contributed by atoms with Gasteiger partial charge >= 0.3 is 0 Å². The van der Waals surface area contributed by atoms with E-state index in [1.165, 1.54) is 17.7 Å². The average Bonchev–Trinajstić information content (AvgIpc) is 3.81. The molecule has 0 atom stereocenters. The van der Waals surface area contributed by atoms with E-state index in [4.69, 9.17) is 9.72 Å². The number of pyridine rings is 1. The van der Waals surface area contributed by atoms with Crippen LogP contribution >= 0.6 is 0 Å². The molecule has 1 aliphatic rings. The van der Waals surface area contributed by atoms with Crippen LogP contribution in [-0.2, 0) is 5.41 Å². The van der Waals surface area contributed by atoms with Crippen LogP contribution in [-0.4, -0.2) is 16.2 Å². The number of benzene rings is 7. The first-order chi connectivity index (χ1) is 30.3. The lowest BCUT2D eigenvalue weighted by Gasteiger charge is -2.27. The second-order valence-corrected chi connectivity index (χ2v) is 17.2. The Balaban J connectivity index is 1.09. The van der Waals surface area contributed by atoms with E-state index in [9.17, 15) is 10.2 Å². The van der Waals surface area contributed by atoms with E-state index < -0.39 is 17.5 Å². The van der Waals surface area contributed by atoms with Crippen molar-refractivity contribution in [2.75, 3.05) is 16.5 Å². The van der Waals surface area contributed by atoms with Crippen LogP contribution in [0.1, 0.15) is 53.0 Å². The number of hydrogen-bond donors (Lipinski definition) is 0. The molecule has 0 N–H and O–H groups in total. The van der Waals surface area contributed by atoms with Crippen LogP contribution in [0.5, 0.6) is 11.5 Å². The molecule has 0 spiro atoms. The Morgan fingerprint density at radius 2 is 1.29 bits per heavy atom. The molecule has 0 saturated heterocycles. The summed E-state index contributed by atoms with van der Waals surface area (Å²) in [7, 11) is 0. The highest BCUT2D eigenvalue weighted by molar-refractivity contribution is 6.09. The first-order valence-corrected chi connectivity index (χ1v) is 20.9. The molecule has 0 fully saturated rings. The number of aromatic nitrogens is 2. The van der Waals surface area contributed by atoms with Crippen molar-refractivity contribution in [1.82, 2.24) is 9.55 Å². The van der Waals surface area contributed by atoms with E-state index in [1.807, 2.05) is 92.8 Å². The molecule has 0 radical (unpaired) electrons. The molecular formula is C55H46F2N4O. The van der Waals surface area contributed by atoms with Gasteiger partial charge in [-0.3, -0.25) is 4.57 Å². The zero-order chi connectivity index (χ0) is 43.6. The van der Waals surface area contributed by atoms with Crippen molar-refractivity contribution < 1.29 is 14.9 Å². The molecule has 3 heterocycles. The van der Waals surface area contributed by atoms with Gasteiger partial charge in [0, 0.05) is 53.4 Å². The first kappa shape index (κ1) is 37.7. The fraction of sp³-hybridized carbons (Fsp3) is 0.145. The second-order valence-electron chi connectivity index (χ2n) is 17.2. The van der Waals surface area contributed by atoms with Crippen LogP contribution in [0.3, 0.4) is 0 Å². The zero-order valence-electron chi connectivity index (χ0n) is 36.3. The number of hydrogen-bond acceptors (Lipinski definition) is 4. The van der Waals surface area contributed by atoms with Crippen molar-refractivity contribution in [2.45, 2.75) is 45.9 Å². The third-order valence-electron chi connectivity index (χ3n) is 11.8. The predicted octanol–water partition coefficient (Wildman–Crippen LogP) is 15.3. The van der Waals surface area contributed by atoms with Crippen molar-refractivity contribution in [3.8, 4) is 39.6 Å². The highest BCUT2D eigenvalue weighted by Gasteiger charge is 2.32. The number of para-hydroxylation sites is 4. The van der Waals surface area contributed by atoms with Crippen LogP contribution in [0.25, 0.3) is 49.9 Å². The minimum atomic E-state index is -0.957. The van der Waals surface area contributed by atoms with E-state index in [1.54, 1.807) is 0 Å². The maximum Gasteiger partial charge on any atom is 0.137 e. The number of halogens is 2. The summed E-state index contributed by atoms with van der Waals surface area (Å²) >= 11 is 0. The molecule has 0 unspecified atom stereocenters. The molecule has 7 heteroatoms. The Bertz CT molecular complexity index is 3180. The summed E-state index contributed by atoms with van der Waals surface area (Å²) in [6.07, 6.45) is 1.88. The number of rotatable bonds is 8. The van der Waals surface area contributed by atoms with Crippen LogP contribution in [0.15, 0.2) is 170 Å². The lowest BCUT2D eigenvalue weighted by Crippen LogP contribution is -2.25. The minimum Gasteiger partial charge on any atom is -0.457 e. The summed E-state index contributed by atoms with van der Waals surface area (Å²) in [4.78, 5) is 9.29. The van der Waals surface area contributed by atoms with Gasteiger partial charge in [0.1, 0.15) is 35.6 Å². The second kappa shape index (κ2) is 15.3. The molecule has 0 bridgehead atoms. The molecule has 1 aliphatic heterocycles. The van der Waals surface area contributed by atoms with E-state index in [0.717, 1.165) is 73.1 Å². The highest BCUT2D eigenvalue weighted by Crippen LogP contribution is 2.51. The van der Waals surface area contributed by atoms with Crippen LogP contribution in [0.2, 0.25) is 0 Å². The van der Waals surface area contributed by atoms with Gasteiger partial charge in [0.15, 0.2) is 0 Å². The van der Waals surface area contributed by atoms with Crippen LogP contribution in [0, 0.1) is 11.6 Å². The van der Waals surface area contributed by atoms with Gasteiger partial charge in [0.25, 0.3) is 0 Å². The van der Waals surface area contributed by atoms with E-state index >= 15 is 0 Å².